The van der Waals surface area contributed by atoms with E-state index >= 15 is 0 Å². The SMILES string of the molecule is CC(C)NC1CCN(CC2CN(C)CCO2)C1. The quantitative estimate of drug-likeness (QED) is 0.770. The highest BCUT2D eigenvalue weighted by molar-refractivity contribution is 4.84. The van der Waals surface area contributed by atoms with E-state index < -0.39 is 0 Å². The van der Waals surface area contributed by atoms with Crippen molar-refractivity contribution in [3.63, 3.8) is 0 Å². The van der Waals surface area contributed by atoms with Gasteiger partial charge in [0.05, 0.1) is 12.7 Å². The normalized spacial score (nSPS) is 32.5. The zero-order valence-corrected chi connectivity index (χ0v) is 11.5. The van der Waals surface area contributed by atoms with Crippen LogP contribution in [-0.2, 0) is 4.74 Å². The summed E-state index contributed by atoms with van der Waals surface area (Å²) in [6.07, 6.45) is 1.69. The number of nitrogens with one attached hydrogen (secondary N) is 1. The first kappa shape index (κ1) is 13.3. The molecule has 2 aliphatic heterocycles. The van der Waals surface area contributed by atoms with Crippen LogP contribution in [0.2, 0.25) is 0 Å². The smallest absolute Gasteiger partial charge is 0.0829 e. The number of morpholine rings is 1. The maximum atomic E-state index is 5.82. The lowest BCUT2D eigenvalue weighted by Gasteiger charge is -2.32. The molecule has 2 saturated heterocycles. The third-order valence-corrected chi connectivity index (χ3v) is 3.65. The molecule has 17 heavy (non-hydrogen) atoms. The molecule has 2 aliphatic rings. The number of ether oxygens (including phenoxy) is 1. The Morgan fingerprint density at radius 3 is 2.82 bits per heavy atom. The lowest BCUT2D eigenvalue weighted by molar-refractivity contribution is -0.0330. The van der Waals surface area contributed by atoms with E-state index in [1.165, 1.54) is 19.5 Å². The third-order valence-electron chi connectivity index (χ3n) is 3.65. The second-order valence-electron chi connectivity index (χ2n) is 5.82. The summed E-state index contributed by atoms with van der Waals surface area (Å²) in [4.78, 5) is 4.91. The van der Waals surface area contributed by atoms with Crippen molar-refractivity contribution < 1.29 is 4.74 Å². The molecule has 0 radical (unpaired) electrons. The highest BCUT2D eigenvalue weighted by atomic mass is 16.5. The molecule has 4 heteroatoms. The van der Waals surface area contributed by atoms with Crippen LogP contribution in [0.25, 0.3) is 0 Å². The van der Waals surface area contributed by atoms with Crippen molar-refractivity contribution in [1.82, 2.24) is 15.1 Å². The molecule has 0 saturated carbocycles. The molecular formula is C13H27N3O. The molecule has 0 aromatic carbocycles. The fourth-order valence-corrected chi connectivity index (χ4v) is 2.87. The number of hydrogen-bond donors (Lipinski definition) is 1. The van der Waals surface area contributed by atoms with Crippen LogP contribution < -0.4 is 5.32 Å². The lowest BCUT2D eigenvalue weighted by atomic mass is 10.2. The molecule has 100 valence electrons. The first-order valence-corrected chi connectivity index (χ1v) is 6.92. The molecule has 2 fully saturated rings. The van der Waals surface area contributed by atoms with Crippen molar-refractivity contribution in [3.05, 3.63) is 0 Å². The Balaban J connectivity index is 1.70. The van der Waals surface area contributed by atoms with Crippen molar-refractivity contribution >= 4 is 0 Å². The molecule has 2 unspecified atom stereocenters. The van der Waals surface area contributed by atoms with E-state index in [0.717, 1.165) is 26.2 Å². The maximum absolute atomic E-state index is 5.82. The van der Waals surface area contributed by atoms with Gasteiger partial charge in [0.1, 0.15) is 0 Å². The van der Waals surface area contributed by atoms with Gasteiger partial charge >= 0.3 is 0 Å². The predicted molar refractivity (Wildman–Crippen MR) is 70.4 cm³/mol. The Morgan fingerprint density at radius 2 is 2.12 bits per heavy atom. The molecule has 2 heterocycles. The number of likely N-dealkylation sites (N-methyl/N-ethyl adjacent to an activating group) is 1. The number of rotatable bonds is 4. The van der Waals surface area contributed by atoms with E-state index in [4.69, 9.17) is 4.74 Å². The van der Waals surface area contributed by atoms with Crippen LogP contribution in [0, 0.1) is 0 Å². The van der Waals surface area contributed by atoms with Crippen LogP contribution in [0.4, 0.5) is 0 Å². The van der Waals surface area contributed by atoms with Gasteiger partial charge in [-0.05, 0) is 20.0 Å². The van der Waals surface area contributed by atoms with Crippen molar-refractivity contribution in [2.75, 3.05) is 46.4 Å². The van der Waals surface area contributed by atoms with E-state index in [1.54, 1.807) is 0 Å². The summed E-state index contributed by atoms with van der Waals surface area (Å²) in [5, 5.41) is 3.62. The van der Waals surface area contributed by atoms with E-state index in [9.17, 15) is 0 Å². The Labute approximate surface area is 105 Å². The second-order valence-corrected chi connectivity index (χ2v) is 5.82. The van der Waals surface area contributed by atoms with Crippen LogP contribution in [0.1, 0.15) is 20.3 Å². The molecule has 0 aromatic heterocycles. The Morgan fingerprint density at radius 1 is 1.29 bits per heavy atom. The van der Waals surface area contributed by atoms with E-state index in [-0.39, 0.29) is 0 Å². The molecule has 0 bridgehead atoms. The molecule has 0 amide bonds. The van der Waals surface area contributed by atoms with Crippen molar-refractivity contribution in [1.29, 1.82) is 0 Å². The number of likely N-dealkylation sites (tertiary alicyclic amines) is 1. The minimum absolute atomic E-state index is 0.409. The van der Waals surface area contributed by atoms with Crippen LogP contribution in [0.15, 0.2) is 0 Å². The summed E-state index contributed by atoms with van der Waals surface area (Å²) >= 11 is 0. The molecule has 0 aliphatic carbocycles. The van der Waals surface area contributed by atoms with Gasteiger partial charge in [0.2, 0.25) is 0 Å². The first-order chi connectivity index (χ1) is 8.13. The van der Waals surface area contributed by atoms with E-state index in [0.29, 0.717) is 18.2 Å². The maximum Gasteiger partial charge on any atom is 0.0829 e. The van der Waals surface area contributed by atoms with Crippen LogP contribution >= 0.6 is 0 Å². The van der Waals surface area contributed by atoms with Gasteiger partial charge in [0, 0.05) is 38.3 Å². The van der Waals surface area contributed by atoms with Gasteiger partial charge in [0.15, 0.2) is 0 Å². The van der Waals surface area contributed by atoms with E-state index in [2.05, 4.69) is 36.0 Å². The standard InChI is InChI=1S/C13H27N3O/c1-11(2)14-12-4-5-16(8-12)10-13-9-15(3)6-7-17-13/h11-14H,4-10H2,1-3H3. The van der Waals surface area contributed by atoms with Gasteiger partial charge in [-0.25, -0.2) is 0 Å². The fourth-order valence-electron chi connectivity index (χ4n) is 2.87. The summed E-state index contributed by atoms with van der Waals surface area (Å²) in [5.74, 6) is 0. The molecule has 2 rings (SSSR count). The summed E-state index contributed by atoms with van der Waals surface area (Å²) in [6.45, 7) is 11.0. The van der Waals surface area contributed by atoms with Gasteiger partial charge in [0.25, 0.3) is 0 Å². The van der Waals surface area contributed by atoms with Crippen molar-refractivity contribution in [3.8, 4) is 0 Å². The summed E-state index contributed by atoms with van der Waals surface area (Å²) in [5.41, 5.74) is 0. The average molecular weight is 241 g/mol. The molecular weight excluding hydrogens is 214 g/mol. The highest BCUT2D eigenvalue weighted by Crippen LogP contribution is 2.13. The monoisotopic (exact) mass is 241 g/mol. The summed E-state index contributed by atoms with van der Waals surface area (Å²) in [7, 11) is 2.18. The van der Waals surface area contributed by atoms with Gasteiger partial charge in [-0.2, -0.15) is 0 Å². The van der Waals surface area contributed by atoms with Gasteiger partial charge in [-0.1, -0.05) is 13.8 Å². The topological polar surface area (TPSA) is 27.7 Å². The van der Waals surface area contributed by atoms with Gasteiger partial charge in [-0.3, -0.25) is 4.90 Å². The van der Waals surface area contributed by atoms with E-state index in [1.807, 2.05) is 0 Å². The van der Waals surface area contributed by atoms with Crippen molar-refractivity contribution in [2.45, 2.75) is 38.5 Å². The molecule has 0 spiro atoms. The third kappa shape index (κ3) is 4.21. The van der Waals surface area contributed by atoms with Gasteiger partial charge in [-0.15, -0.1) is 0 Å². The largest absolute Gasteiger partial charge is 0.374 e. The average Bonchev–Trinajstić information content (AvgIpc) is 2.64. The zero-order valence-electron chi connectivity index (χ0n) is 11.5. The Bertz CT molecular complexity index is 235. The Hall–Kier alpha value is -0.160. The zero-order chi connectivity index (χ0) is 12.3. The first-order valence-electron chi connectivity index (χ1n) is 6.92. The van der Waals surface area contributed by atoms with Gasteiger partial charge < -0.3 is 15.0 Å². The summed E-state index contributed by atoms with van der Waals surface area (Å²) in [6, 6.07) is 1.27. The summed E-state index contributed by atoms with van der Waals surface area (Å²) < 4.78 is 5.82. The minimum Gasteiger partial charge on any atom is -0.374 e. The van der Waals surface area contributed by atoms with Crippen LogP contribution in [-0.4, -0.2) is 74.4 Å². The predicted octanol–water partition coefficient (Wildman–Crippen LogP) is 0.389. The van der Waals surface area contributed by atoms with Crippen LogP contribution in [0.3, 0.4) is 0 Å². The molecule has 2 atom stereocenters. The second kappa shape index (κ2) is 6.14. The lowest BCUT2D eigenvalue weighted by Crippen LogP contribution is -2.46. The molecule has 1 N–H and O–H groups in total. The van der Waals surface area contributed by atoms with Crippen LogP contribution in [0.5, 0.6) is 0 Å². The molecule has 0 aromatic rings. The Kier molecular flexibility index (Phi) is 4.79. The fraction of sp³-hybridized carbons (Fsp3) is 1.00. The van der Waals surface area contributed by atoms with Crippen molar-refractivity contribution in [2.24, 2.45) is 0 Å². The molecule has 4 nitrogen and oxygen atoms in total. The minimum atomic E-state index is 0.409. The number of hydrogen-bond acceptors (Lipinski definition) is 4. The number of nitrogens with zero attached hydrogens (tertiary/aromatic N) is 2. The highest BCUT2D eigenvalue weighted by Gasteiger charge is 2.26.